The predicted octanol–water partition coefficient (Wildman–Crippen LogP) is 1.28. The minimum Gasteiger partial charge on any atom is -0.332 e. The molecule has 0 atom stereocenters. The molecule has 0 aliphatic rings. The van der Waals surface area contributed by atoms with Gasteiger partial charge in [0.05, 0.1) is 11.0 Å². The van der Waals surface area contributed by atoms with Crippen LogP contribution in [0.2, 0.25) is 0 Å². The van der Waals surface area contributed by atoms with Crippen LogP contribution < -0.4 is 5.56 Å². The zero-order valence-corrected chi connectivity index (χ0v) is 8.97. The van der Waals surface area contributed by atoms with E-state index in [1.807, 2.05) is 12.1 Å². The number of fused-ring (bicyclic) bond motifs is 1. The van der Waals surface area contributed by atoms with Crippen LogP contribution in [0.5, 0.6) is 0 Å². The largest absolute Gasteiger partial charge is 0.332 e. The SMILES string of the molecule is Cc1noc(-c2nc3ccccc3[nH]c2=O)n1. The molecule has 84 valence electrons. The zero-order chi connectivity index (χ0) is 11.8. The number of aromatic nitrogens is 4. The lowest BCUT2D eigenvalue weighted by Crippen LogP contribution is -2.11. The molecule has 6 nitrogen and oxygen atoms in total. The fraction of sp³-hybridized carbons (Fsp3) is 0.0909. The molecule has 0 spiro atoms. The molecule has 0 aliphatic heterocycles. The standard InChI is InChI=1S/C11H8N4O2/c1-6-12-11(17-15-6)9-10(16)14-8-5-3-2-4-7(8)13-9/h2-5H,1H3,(H,14,16). The third kappa shape index (κ3) is 1.59. The van der Waals surface area contributed by atoms with Crippen LogP contribution in [0.15, 0.2) is 33.6 Å². The molecule has 17 heavy (non-hydrogen) atoms. The molecule has 3 aromatic rings. The Hall–Kier alpha value is -2.50. The van der Waals surface area contributed by atoms with E-state index in [-0.39, 0.29) is 17.1 Å². The molecular formula is C11H8N4O2. The Morgan fingerprint density at radius 3 is 2.82 bits per heavy atom. The van der Waals surface area contributed by atoms with Gasteiger partial charge in [0.15, 0.2) is 11.5 Å². The Morgan fingerprint density at radius 1 is 1.24 bits per heavy atom. The minimum atomic E-state index is -0.340. The van der Waals surface area contributed by atoms with E-state index in [1.165, 1.54) is 0 Å². The quantitative estimate of drug-likeness (QED) is 0.678. The van der Waals surface area contributed by atoms with E-state index in [0.717, 1.165) is 0 Å². The number of nitrogens with zero attached hydrogens (tertiary/aromatic N) is 3. The summed E-state index contributed by atoms with van der Waals surface area (Å²) >= 11 is 0. The number of nitrogens with one attached hydrogen (secondary N) is 1. The molecule has 2 aromatic heterocycles. The second kappa shape index (κ2) is 3.51. The first-order chi connectivity index (χ1) is 8.24. The lowest BCUT2D eigenvalue weighted by atomic mass is 10.3. The van der Waals surface area contributed by atoms with Crippen LogP contribution in [0.25, 0.3) is 22.6 Å². The zero-order valence-electron chi connectivity index (χ0n) is 8.97. The highest BCUT2D eigenvalue weighted by atomic mass is 16.5. The van der Waals surface area contributed by atoms with Crippen molar-refractivity contribution in [3.63, 3.8) is 0 Å². The van der Waals surface area contributed by atoms with Gasteiger partial charge in [0.2, 0.25) is 0 Å². The van der Waals surface area contributed by atoms with Crippen molar-refractivity contribution in [2.75, 3.05) is 0 Å². The number of para-hydroxylation sites is 2. The van der Waals surface area contributed by atoms with Gasteiger partial charge in [-0.15, -0.1) is 0 Å². The second-order valence-electron chi connectivity index (χ2n) is 3.58. The van der Waals surface area contributed by atoms with Crippen LogP contribution in [0.3, 0.4) is 0 Å². The molecule has 0 unspecified atom stereocenters. The van der Waals surface area contributed by atoms with E-state index in [4.69, 9.17) is 4.52 Å². The Bertz CT molecular complexity index is 744. The summed E-state index contributed by atoms with van der Waals surface area (Å²) in [6.45, 7) is 1.68. The van der Waals surface area contributed by atoms with Gasteiger partial charge in [0.25, 0.3) is 11.4 Å². The van der Waals surface area contributed by atoms with Crippen LogP contribution in [0.1, 0.15) is 5.82 Å². The molecule has 0 amide bonds. The van der Waals surface area contributed by atoms with Crippen LogP contribution in [0.4, 0.5) is 0 Å². The predicted molar refractivity (Wildman–Crippen MR) is 60.4 cm³/mol. The number of hydrogen-bond acceptors (Lipinski definition) is 5. The number of H-pyrrole nitrogens is 1. The maximum absolute atomic E-state index is 11.8. The molecule has 3 rings (SSSR count). The van der Waals surface area contributed by atoms with E-state index in [0.29, 0.717) is 16.9 Å². The van der Waals surface area contributed by atoms with Crippen molar-refractivity contribution in [2.45, 2.75) is 6.92 Å². The number of rotatable bonds is 1. The fourth-order valence-electron chi connectivity index (χ4n) is 1.57. The van der Waals surface area contributed by atoms with Crippen LogP contribution >= 0.6 is 0 Å². The third-order valence-corrected chi connectivity index (χ3v) is 2.33. The lowest BCUT2D eigenvalue weighted by Gasteiger charge is -1.97. The summed E-state index contributed by atoms with van der Waals surface area (Å²) in [6.07, 6.45) is 0. The highest BCUT2D eigenvalue weighted by molar-refractivity contribution is 5.75. The number of hydrogen-bond donors (Lipinski definition) is 1. The van der Waals surface area contributed by atoms with Crippen molar-refractivity contribution in [1.82, 2.24) is 20.1 Å². The molecule has 0 fully saturated rings. The van der Waals surface area contributed by atoms with E-state index in [9.17, 15) is 4.79 Å². The molecule has 0 bridgehead atoms. The molecule has 6 heteroatoms. The van der Waals surface area contributed by atoms with Crippen molar-refractivity contribution < 1.29 is 4.52 Å². The lowest BCUT2D eigenvalue weighted by molar-refractivity contribution is 0.424. The summed E-state index contributed by atoms with van der Waals surface area (Å²) < 4.78 is 4.94. The minimum absolute atomic E-state index is 0.134. The Labute approximate surface area is 95.3 Å². The summed E-state index contributed by atoms with van der Waals surface area (Å²) in [5, 5.41) is 3.64. The molecule has 0 saturated heterocycles. The Morgan fingerprint density at radius 2 is 2.06 bits per heavy atom. The van der Waals surface area contributed by atoms with Gasteiger partial charge in [-0.05, 0) is 19.1 Å². The summed E-state index contributed by atoms with van der Waals surface area (Å²) in [7, 11) is 0. The summed E-state index contributed by atoms with van der Waals surface area (Å²) in [5.74, 6) is 0.601. The molecule has 0 aliphatic carbocycles. The van der Waals surface area contributed by atoms with Gasteiger partial charge in [-0.2, -0.15) is 4.98 Å². The van der Waals surface area contributed by atoms with Gasteiger partial charge >= 0.3 is 0 Å². The van der Waals surface area contributed by atoms with Gasteiger partial charge in [-0.1, -0.05) is 17.3 Å². The molecule has 0 radical (unpaired) electrons. The van der Waals surface area contributed by atoms with E-state index in [1.54, 1.807) is 19.1 Å². The van der Waals surface area contributed by atoms with Crippen LogP contribution in [-0.2, 0) is 0 Å². The van der Waals surface area contributed by atoms with Crippen LogP contribution in [-0.4, -0.2) is 20.1 Å². The molecule has 2 heterocycles. The van der Waals surface area contributed by atoms with Gasteiger partial charge in [0, 0.05) is 0 Å². The van der Waals surface area contributed by atoms with Crippen molar-refractivity contribution in [2.24, 2.45) is 0 Å². The molecular weight excluding hydrogens is 220 g/mol. The van der Waals surface area contributed by atoms with Crippen LogP contribution in [0, 0.1) is 6.92 Å². The number of benzene rings is 1. The van der Waals surface area contributed by atoms with Crippen molar-refractivity contribution in [1.29, 1.82) is 0 Å². The Kier molecular flexibility index (Phi) is 2.01. The van der Waals surface area contributed by atoms with Crippen molar-refractivity contribution in [3.05, 3.63) is 40.4 Å². The summed E-state index contributed by atoms with van der Waals surface area (Å²) in [6, 6.07) is 7.26. The molecule has 1 N–H and O–H groups in total. The normalized spacial score (nSPS) is 10.9. The topological polar surface area (TPSA) is 84.7 Å². The number of aryl methyl sites for hydroxylation is 1. The first-order valence-electron chi connectivity index (χ1n) is 5.04. The second-order valence-corrected chi connectivity index (χ2v) is 3.58. The number of aromatic amines is 1. The van der Waals surface area contributed by atoms with Gasteiger partial charge in [-0.25, -0.2) is 4.98 Å². The molecule has 1 aromatic carbocycles. The van der Waals surface area contributed by atoms with Gasteiger partial charge < -0.3 is 9.51 Å². The monoisotopic (exact) mass is 228 g/mol. The van der Waals surface area contributed by atoms with Crippen molar-refractivity contribution >= 4 is 11.0 Å². The maximum Gasteiger partial charge on any atom is 0.282 e. The fourth-order valence-corrected chi connectivity index (χ4v) is 1.57. The summed E-state index contributed by atoms with van der Waals surface area (Å²) in [5.41, 5.74) is 1.16. The first-order valence-corrected chi connectivity index (χ1v) is 5.04. The van der Waals surface area contributed by atoms with E-state index in [2.05, 4.69) is 20.1 Å². The Balaban J connectivity index is 2.30. The van der Waals surface area contributed by atoms with Gasteiger partial charge in [-0.3, -0.25) is 4.79 Å². The smallest absolute Gasteiger partial charge is 0.282 e. The average Bonchev–Trinajstić information content (AvgIpc) is 2.75. The van der Waals surface area contributed by atoms with E-state index < -0.39 is 0 Å². The maximum atomic E-state index is 11.8. The van der Waals surface area contributed by atoms with E-state index >= 15 is 0 Å². The van der Waals surface area contributed by atoms with Crippen molar-refractivity contribution in [3.8, 4) is 11.6 Å². The van der Waals surface area contributed by atoms with Gasteiger partial charge in [0.1, 0.15) is 0 Å². The highest BCUT2D eigenvalue weighted by Gasteiger charge is 2.13. The third-order valence-electron chi connectivity index (χ3n) is 2.33. The average molecular weight is 228 g/mol. The first kappa shape index (κ1) is 9.71. The highest BCUT2D eigenvalue weighted by Crippen LogP contribution is 2.13. The molecule has 0 saturated carbocycles. The summed E-state index contributed by atoms with van der Waals surface area (Å²) in [4.78, 5) is 22.7.